The Balaban J connectivity index is 1.96. The highest BCUT2D eigenvalue weighted by molar-refractivity contribution is 7.10. The molecule has 1 aliphatic heterocycles. The minimum absolute atomic E-state index is 0.0441. The zero-order valence-electron chi connectivity index (χ0n) is 13.8. The standard InChI is InChI=1S/C19H14ClFN2O2S/c1-22-18-17(26-19(22)25)12(16-13(20)8-5-9-14(16)21)10-15(24)23(18)11-6-3-2-4-7-11/h2-9,12H,10H2,1H3/t12-/m1/s1. The van der Waals surface area contributed by atoms with Crippen molar-refractivity contribution < 1.29 is 9.18 Å². The number of thiazole rings is 1. The molecule has 1 aliphatic rings. The van der Waals surface area contributed by atoms with Crippen molar-refractivity contribution in [3.05, 3.63) is 79.5 Å². The van der Waals surface area contributed by atoms with Crippen molar-refractivity contribution in [3.8, 4) is 0 Å². The van der Waals surface area contributed by atoms with Crippen molar-refractivity contribution in [2.75, 3.05) is 4.90 Å². The van der Waals surface area contributed by atoms with E-state index in [1.807, 2.05) is 18.2 Å². The molecule has 4 rings (SSSR count). The van der Waals surface area contributed by atoms with Crippen LogP contribution in [0.2, 0.25) is 5.02 Å². The SMILES string of the molecule is Cn1c2c(sc1=O)[C@@H](c1c(F)cccc1Cl)CC(=O)N2c1ccccc1. The smallest absolute Gasteiger partial charge is 0.288 e. The molecular formula is C19H14ClFN2O2S. The summed E-state index contributed by atoms with van der Waals surface area (Å²) in [4.78, 5) is 27.3. The molecule has 1 aromatic heterocycles. The van der Waals surface area contributed by atoms with Crippen LogP contribution in [0.1, 0.15) is 22.8 Å². The van der Waals surface area contributed by atoms with E-state index >= 15 is 0 Å². The lowest BCUT2D eigenvalue weighted by Crippen LogP contribution is -2.34. The lowest BCUT2D eigenvalue weighted by Gasteiger charge is -2.32. The molecule has 1 atom stereocenters. The molecule has 2 heterocycles. The highest BCUT2D eigenvalue weighted by atomic mass is 35.5. The number of nitrogens with zero attached hydrogens (tertiary/aromatic N) is 2. The number of benzene rings is 2. The normalized spacial score (nSPS) is 16.7. The Bertz CT molecular complexity index is 1040. The van der Waals surface area contributed by atoms with Gasteiger partial charge in [-0.2, -0.15) is 0 Å². The van der Waals surface area contributed by atoms with Crippen LogP contribution in [0.25, 0.3) is 0 Å². The van der Waals surface area contributed by atoms with Crippen molar-refractivity contribution in [1.29, 1.82) is 0 Å². The van der Waals surface area contributed by atoms with E-state index < -0.39 is 11.7 Å². The molecule has 0 N–H and O–H groups in total. The number of anilines is 2. The summed E-state index contributed by atoms with van der Waals surface area (Å²) < 4.78 is 15.9. The molecule has 1 amide bonds. The molecule has 0 spiro atoms. The van der Waals surface area contributed by atoms with Gasteiger partial charge in [-0.1, -0.05) is 47.2 Å². The number of hydrogen-bond donors (Lipinski definition) is 0. The molecule has 4 nitrogen and oxygen atoms in total. The molecule has 0 radical (unpaired) electrons. The van der Waals surface area contributed by atoms with Gasteiger partial charge in [0, 0.05) is 30.0 Å². The number of hydrogen-bond acceptors (Lipinski definition) is 3. The van der Waals surface area contributed by atoms with E-state index in [1.165, 1.54) is 21.6 Å². The average Bonchev–Trinajstić information content (AvgIpc) is 2.91. The summed E-state index contributed by atoms with van der Waals surface area (Å²) in [6, 6.07) is 13.6. The van der Waals surface area contributed by atoms with Crippen molar-refractivity contribution >= 4 is 40.4 Å². The van der Waals surface area contributed by atoms with Gasteiger partial charge in [-0.3, -0.25) is 19.1 Å². The zero-order valence-corrected chi connectivity index (χ0v) is 15.4. The van der Waals surface area contributed by atoms with Crippen LogP contribution in [0, 0.1) is 5.82 Å². The Morgan fingerprint density at radius 1 is 1.12 bits per heavy atom. The van der Waals surface area contributed by atoms with Gasteiger partial charge < -0.3 is 0 Å². The van der Waals surface area contributed by atoms with E-state index in [0.717, 1.165) is 11.3 Å². The van der Waals surface area contributed by atoms with Crippen molar-refractivity contribution in [2.24, 2.45) is 7.05 Å². The molecule has 0 fully saturated rings. The van der Waals surface area contributed by atoms with Crippen LogP contribution in [0.15, 0.2) is 53.3 Å². The van der Waals surface area contributed by atoms with Gasteiger partial charge >= 0.3 is 4.87 Å². The van der Waals surface area contributed by atoms with Crippen LogP contribution in [0.5, 0.6) is 0 Å². The predicted octanol–water partition coefficient (Wildman–Crippen LogP) is 4.44. The zero-order chi connectivity index (χ0) is 18.4. The van der Waals surface area contributed by atoms with Crippen molar-refractivity contribution in [1.82, 2.24) is 4.57 Å². The molecule has 0 saturated carbocycles. The molecule has 26 heavy (non-hydrogen) atoms. The lowest BCUT2D eigenvalue weighted by molar-refractivity contribution is -0.118. The minimum atomic E-state index is -0.579. The first-order chi connectivity index (χ1) is 12.5. The summed E-state index contributed by atoms with van der Waals surface area (Å²) >= 11 is 7.26. The topological polar surface area (TPSA) is 42.3 Å². The number of carbonyl (C=O) groups is 1. The van der Waals surface area contributed by atoms with Gasteiger partial charge in [0.15, 0.2) is 0 Å². The summed E-state index contributed by atoms with van der Waals surface area (Å²) in [5, 5.41) is 0.255. The van der Waals surface area contributed by atoms with E-state index in [4.69, 9.17) is 11.6 Å². The van der Waals surface area contributed by atoms with E-state index in [9.17, 15) is 14.0 Å². The molecule has 0 aliphatic carbocycles. The number of carbonyl (C=O) groups excluding carboxylic acids is 1. The predicted molar refractivity (Wildman–Crippen MR) is 101 cm³/mol. The first-order valence-electron chi connectivity index (χ1n) is 8.00. The second kappa shape index (κ2) is 6.37. The quantitative estimate of drug-likeness (QED) is 0.651. The Kier molecular flexibility index (Phi) is 4.17. The molecule has 7 heteroatoms. The molecule has 2 aromatic carbocycles. The van der Waals surface area contributed by atoms with Gasteiger partial charge in [0.1, 0.15) is 11.6 Å². The van der Waals surface area contributed by atoms with Gasteiger partial charge in [-0.25, -0.2) is 4.39 Å². The fourth-order valence-electron chi connectivity index (χ4n) is 3.34. The number of halogens is 2. The molecule has 0 bridgehead atoms. The Labute approximate surface area is 158 Å². The third kappa shape index (κ3) is 2.57. The summed E-state index contributed by atoms with van der Waals surface area (Å²) in [7, 11) is 1.62. The first-order valence-corrected chi connectivity index (χ1v) is 9.20. The highest BCUT2D eigenvalue weighted by Crippen LogP contribution is 2.46. The van der Waals surface area contributed by atoms with E-state index in [2.05, 4.69) is 0 Å². The number of aromatic nitrogens is 1. The number of fused-ring (bicyclic) bond motifs is 1. The molecule has 0 saturated heterocycles. The first kappa shape index (κ1) is 17.0. The maximum Gasteiger partial charge on any atom is 0.308 e. The monoisotopic (exact) mass is 388 g/mol. The molecule has 132 valence electrons. The maximum absolute atomic E-state index is 14.5. The van der Waals surface area contributed by atoms with Gasteiger partial charge in [0.25, 0.3) is 0 Å². The van der Waals surface area contributed by atoms with E-state index in [0.29, 0.717) is 16.4 Å². The van der Waals surface area contributed by atoms with Gasteiger partial charge in [-0.05, 0) is 24.3 Å². The van der Waals surface area contributed by atoms with Crippen LogP contribution >= 0.6 is 22.9 Å². The second-order valence-corrected chi connectivity index (χ2v) is 7.47. The van der Waals surface area contributed by atoms with Crippen LogP contribution in [-0.2, 0) is 11.8 Å². The number of rotatable bonds is 2. The maximum atomic E-state index is 14.5. The van der Waals surface area contributed by atoms with E-state index in [-0.39, 0.29) is 27.8 Å². The van der Waals surface area contributed by atoms with Crippen molar-refractivity contribution in [2.45, 2.75) is 12.3 Å². The van der Waals surface area contributed by atoms with Crippen LogP contribution < -0.4 is 9.77 Å². The minimum Gasteiger partial charge on any atom is -0.288 e. The second-order valence-electron chi connectivity index (χ2n) is 6.07. The third-order valence-corrected chi connectivity index (χ3v) is 5.99. The fraction of sp³-hybridized carbons (Fsp3) is 0.158. The van der Waals surface area contributed by atoms with Crippen LogP contribution in [0.3, 0.4) is 0 Å². The highest BCUT2D eigenvalue weighted by Gasteiger charge is 2.39. The van der Waals surface area contributed by atoms with Crippen LogP contribution in [0.4, 0.5) is 15.9 Å². The Morgan fingerprint density at radius 2 is 1.85 bits per heavy atom. The van der Waals surface area contributed by atoms with Gasteiger partial charge in [0.2, 0.25) is 5.91 Å². The largest absolute Gasteiger partial charge is 0.308 e. The molecule has 3 aromatic rings. The lowest BCUT2D eigenvalue weighted by atomic mass is 9.90. The summed E-state index contributed by atoms with van der Waals surface area (Å²) in [6.45, 7) is 0. The van der Waals surface area contributed by atoms with Gasteiger partial charge in [-0.15, -0.1) is 0 Å². The Hall–Kier alpha value is -2.44. The number of para-hydroxylation sites is 1. The fourth-order valence-corrected chi connectivity index (χ4v) is 4.71. The van der Waals surface area contributed by atoms with Gasteiger partial charge in [0.05, 0.1) is 10.6 Å². The average molecular weight is 389 g/mol. The summed E-state index contributed by atoms with van der Waals surface area (Å²) in [5.74, 6) is -0.781. The molecule has 0 unspecified atom stereocenters. The summed E-state index contributed by atoms with van der Waals surface area (Å²) in [6.07, 6.45) is 0.0441. The number of amides is 1. The van der Waals surface area contributed by atoms with Crippen LogP contribution in [-0.4, -0.2) is 10.5 Å². The van der Waals surface area contributed by atoms with Crippen molar-refractivity contribution in [3.63, 3.8) is 0 Å². The summed E-state index contributed by atoms with van der Waals surface area (Å²) in [5.41, 5.74) is 0.934. The Morgan fingerprint density at radius 3 is 2.54 bits per heavy atom. The third-order valence-electron chi connectivity index (χ3n) is 4.53. The van der Waals surface area contributed by atoms with E-state index in [1.54, 1.807) is 25.2 Å². The molecular weight excluding hydrogens is 375 g/mol.